The first-order valence-electron chi connectivity index (χ1n) is 6.79. The molecule has 3 unspecified atom stereocenters. The fraction of sp³-hybridized carbons (Fsp3) is 0.923. The molecule has 2 saturated carbocycles. The van der Waals surface area contributed by atoms with Crippen LogP contribution in [0.3, 0.4) is 0 Å². The third-order valence-corrected chi connectivity index (χ3v) is 4.19. The van der Waals surface area contributed by atoms with Gasteiger partial charge in [0.15, 0.2) is 0 Å². The first-order chi connectivity index (χ1) is 7.79. The molecule has 3 heteroatoms. The lowest BCUT2D eigenvalue weighted by molar-refractivity contribution is -0.122. The highest BCUT2D eigenvalue weighted by atomic mass is 16.1. The van der Waals surface area contributed by atoms with Crippen LogP contribution < -0.4 is 11.1 Å². The molecule has 16 heavy (non-hydrogen) atoms. The van der Waals surface area contributed by atoms with Gasteiger partial charge in [-0.25, -0.2) is 0 Å². The minimum absolute atomic E-state index is 0.259. The Hall–Kier alpha value is -0.570. The molecule has 3 atom stereocenters. The molecular formula is C13H24N2O. The van der Waals surface area contributed by atoms with E-state index in [4.69, 9.17) is 5.73 Å². The first kappa shape index (κ1) is 11.9. The third-order valence-electron chi connectivity index (χ3n) is 4.19. The highest BCUT2D eigenvalue weighted by Crippen LogP contribution is 2.44. The van der Waals surface area contributed by atoms with Gasteiger partial charge in [0.05, 0.1) is 0 Å². The van der Waals surface area contributed by atoms with Gasteiger partial charge in [0.1, 0.15) is 0 Å². The quantitative estimate of drug-likeness (QED) is 0.676. The lowest BCUT2D eigenvalue weighted by atomic mass is 9.95. The van der Waals surface area contributed by atoms with Crippen molar-refractivity contribution in [3.8, 4) is 0 Å². The van der Waals surface area contributed by atoms with Crippen molar-refractivity contribution in [2.75, 3.05) is 6.54 Å². The minimum atomic E-state index is 0.259. The number of rotatable bonds is 6. The molecule has 0 spiro atoms. The molecule has 0 heterocycles. The van der Waals surface area contributed by atoms with Gasteiger partial charge < -0.3 is 11.1 Å². The second-order valence-corrected chi connectivity index (χ2v) is 5.45. The van der Waals surface area contributed by atoms with Crippen LogP contribution in [-0.4, -0.2) is 18.5 Å². The topological polar surface area (TPSA) is 55.1 Å². The molecule has 2 aliphatic rings. The Balaban J connectivity index is 1.60. The smallest absolute Gasteiger partial charge is 0.220 e. The molecule has 2 bridgehead atoms. The van der Waals surface area contributed by atoms with Crippen LogP contribution in [0.1, 0.15) is 51.4 Å². The van der Waals surface area contributed by atoms with Gasteiger partial charge in [-0.15, -0.1) is 0 Å². The number of unbranched alkanes of at least 4 members (excludes halogenated alkanes) is 2. The Bertz CT molecular complexity index is 242. The zero-order valence-corrected chi connectivity index (χ0v) is 10.1. The van der Waals surface area contributed by atoms with Crippen molar-refractivity contribution >= 4 is 5.91 Å². The average Bonchev–Trinajstić information content (AvgIpc) is 2.86. The zero-order chi connectivity index (χ0) is 11.4. The summed E-state index contributed by atoms with van der Waals surface area (Å²) in [5.41, 5.74) is 5.42. The fourth-order valence-electron chi connectivity index (χ4n) is 3.31. The van der Waals surface area contributed by atoms with Gasteiger partial charge in [-0.2, -0.15) is 0 Å². The Morgan fingerprint density at radius 3 is 2.69 bits per heavy atom. The summed E-state index contributed by atoms with van der Waals surface area (Å²) in [7, 11) is 0. The first-order valence-corrected chi connectivity index (χ1v) is 6.79. The normalized spacial score (nSPS) is 31.9. The van der Waals surface area contributed by atoms with Gasteiger partial charge in [-0.05, 0) is 50.5 Å². The van der Waals surface area contributed by atoms with Gasteiger partial charge in [0.25, 0.3) is 0 Å². The van der Waals surface area contributed by atoms with E-state index in [0.29, 0.717) is 12.5 Å². The number of carbonyl (C=O) groups excluding carboxylic acids is 1. The van der Waals surface area contributed by atoms with Crippen molar-refractivity contribution in [2.45, 2.75) is 57.4 Å². The summed E-state index contributed by atoms with van der Waals surface area (Å²) in [5, 5.41) is 3.22. The fourth-order valence-corrected chi connectivity index (χ4v) is 3.31. The van der Waals surface area contributed by atoms with Gasteiger partial charge in [-0.3, -0.25) is 4.79 Å². The molecule has 0 aliphatic heterocycles. The van der Waals surface area contributed by atoms with E-state index >= 15 is 0 Å². The van der Waals surface area contributed by atoms with Gasteiger partial charge in [0, 0.05) is 12.5 Å². The van der Waals surface area contributed by atoms with Crippen LogP contribution >= 0.6 is 0 Å². The average molecular weight is 224 g/mol. The van der Waals surface area contributed by atoms with E-state index in [2.05, 4.69) is 5.32 Å². The number of amides is 1. The molecule has 2 aliphatic carbocycles. The Labute approximate surface area is 98.2 Å². The van der Waals surface area contributed by atoms with Gasteiger partial charge in [0.2, 0.25) is 5.91 Å². The maximum atomic E-state index is 11.7. The number of hydrogen-bond acceptors (Lipinski definition) is 2. The van der Waals surface area contributed by atoms with Gasteiger partial charge in [-0.1, -0.05) is 12.8 Å². The van der Waals surface area contributed by atoms with Crippen molar-refractivity contribution in [1.29, 1.82) is 0 Å². The molecule has 1 amide bonds. The minimum Gasteiger partial charge on any atom is -0.353 e. The molecule has 2 fully saturated rings. The highest BCUT2D eigenvalue weighted by Gasteiger charge is 2.39. The van der Waals surface area contributed by atoms with E-state index in [1.54, 1.807) is 0 Å². The summed E-state index contributed by atoms with van der Waals surface area (Å²) in [6, 6.07) is 0.501. The van der Waals surface area contributed by atoms with Crippen LogP contribution in [0, 0.1) is 11.8 Å². The molecule has 0 aromatic carbocycles. The van der Waals surface area contributed by atoms with E-state index in [9.17, 15) is 4.79 Å². The molecule has 2 rings (SSSR count). The maximum Gasteiger partial charge on any atom is 0.220 e. The van der Waals surface area contributed by atoms with Crippen LogP contribution in [0.15, 0.2) is 0 Å². The molecule has 0 radical (unpaired) electrons. The van der Waals surface area contributed by atoms with E-state index in [1.165, 1.54) is 25.7 Å². The SMILES string of the molecule is NCCCCCC(=O)NC1CC2CCC1C2. The van der Waals surface area contributed by atoms with E-state index in [1.807, 2.05) is 0 Å². The van der Waals surface area contributed by atoms with Crippen LogP contribution in [0.5, 0.6) is 0 Å². The van der Waals surface area contributed by atoms with Crippen LogP contribution in [0.2, 0.25) is 0 Å². The van der Waals surface area contributed by atoms with Crippen LogP contribution in [0.25, 0.3) is 0 Å². The van der Waals surface area contributed by atoms with E-state index < -0.39 is 0 Å². The predicted molar refractivity (Wildman–Crippen MR) is 64.9 cm³/mol. The number of carbonyl (C=O) groups is 1. The molecule has 0 aromatic rings. The number of hydrogen-bond donors (Lipinski definition) is 2. The summed E-state index contributed by atoms with van der Waals surface area (Å²) in [4.78, 5) is 11.7. The number of fused-ring (bicyclic) bond motifs is 2. The number of nitrogens with two attached hydrogens (primary N) is 1. The van der Waals surface area contributed by atoms with Crippen LogP contribution in [0.4, 0.5) is 0 Å². The second kappa shape index (κ2) is 5.67. The largest absolute Gasteiger partial charge is 0.353 e. The Kier molecular flexibility index (Phi) is 4.22. The summed E-state index contributed by atoms with van der Waals surface area (Å²) < 4.78 is 0. The Morgan fingerprint density at radius 2 is 2.06 bits per heavy atom. The lowest BCUT2D eigenvalue weighted by Gasteiger charge is -2.22. The summed E-state index contributed by atoms with van der Waals surface area (Å²) >= 11 is 0. The number of nitrogens with one attached hydrogen (secondary N) is 1. The lowest BCUT2D eigenvalue weighted by Crippen LogP contribution is -2.38. The predicted octanol–water partition coefficient (Wildman–Crippen LogP) is 1.81. The third kappa shape index (κ3) is 2.97. The summed E-state index contributed by atoms with van der Waals surface area (Å²) in [6.45, 7) is 0.744. The molecular weight excluding hydrogens is 200 g/mol. The van der Waals surface area contributed by atoms with E-state index in [-0.39, 0.29) is 5.91 Å². The monoisotopic (exact) mass is 224 g/mol. The summed E-state index contributed by atoms with van der Waals surface area (Å²) in [6.07, 6.45) is 9.13. The van der Waals surface area contributed by atoms with Crippen molar-refractivity contribution in [3.05, 3.63) is 0 Å². The molecule has 0 saturated heterocycles. The molecule has 3 N–H and O–H groups in total. The van der Waals surface area contributed by atoms with Crippen molar-refractivity contribution in [1.82, 2.24) is 5.32 Å². The highest BCUT2D eigenvalue weighted by molar-refractivity contribution is 5.76. The van der Waals surface area contributed by atoms with Crippen molar-refractivity contribution < 1.29 is 4.79 Å². The molecule has 3 nitrogen and oxygen atoms in total. The van der Waals surface area contributed by atoms with Crippen molar-refractivity contribution in [2.24, 2.45) is 17.6 Å². The zero-order valence-electron chi connectivity index (χ0n) is 10.1. The Morgan fingerprint density at radius 1 is 1.19 bits per heavy atom. The maximum absolute atomic E-state index is 11.7. The van der Waals surface area contributed by atoms with E-state index in [0.717, 1.165) is 37.6 Å². The standard InChI is InChI=1S/C13H24N2O/c14-7-3-1-2-4-13(16)15-12-9-10-5-6-11(12)8-10/h10-12H,1-9,14H2,(H,15,16). The molecule has 92 valence electrons. The van der Waals surface area contributed by atoms with Crippen molar-refractivity contribution in [3.63, 3.8) is 0 Å². The van der Waals surface area contributed by atoms with Gasteiger partial charge >= 0.3 is 0 Å². The second-order valence-electron chi connectivity index (χ2n) is 5.45. The summed E-state index contributed by atoms with van der Waals surface area (Å²) in [5.74, 6) is 1.96. The van der Waals surface area contributed by atoms with Crippen LogP contribution in [-0.2, 0) is 4.79 Å². The molecule has 0 aromatic heterocycles.